The van der Waals surface area contributed by atoms with E-state index in [2.05, 4.69) is 14.8 Å². The highest BCUT2D eigenvalue weighted by molar-refractivity contribution is 7.92. The molecule has 3 atom stereocenters. The van der Waals surface area contributed by atoms with Crippen molar-refractivity contribution in [3.8, 4) is 17.2 Å². The highest BCUT2D eigenvalue weighted by Gasteiger charge is 2.34. The predicted molar refractivity (Wildman–Crippen MR) is 174 cm³/mol. The lowest BCUT2D eigenvalue weighted by molar-refractivity contribution is 0.0341. The number of ether oxygens (including phenoxy) is 2. The Labute approximate surface area is 269 Å². The lowest BCUT2D eigenvalue weighted by Gasteiger charge is -2.38. The maximum atomic E-state index is 13.8. The van der Waals surface area contributed by atoms with E-state index in [1.54, 1.807) is 30.9 Å². The van der Waals surface area contributed by atoms with Gasteiger partial charge in [0.05, 0.1) is 18.2 Å². The minimum absolute atomic E-state index is 0.0485. The average Bonchev–Trinajstić information content (AvgIpc) is 3.38. The first kappa shape index (κ1) is 33.0. The molecule has 244 valence electrons. The Morgan fingerprint density at radius 3 is 2.43 bits per heavy atom. The van der Waals surface area contributed by atoms with Gasteiger partial charge in [0.2, 0.25) is 0 Å². The number of carbonyl (C=O) groups is 1. The first-order chi connectivity index (χ1) is 21.9. The fraction of sp³-hybridized carbons (Fsp3) is 0.353. The number of anilines is 1. The van der Waals surface area contributed by atoms with E-state index in [4.69, 9.17) is 14.0 Å². The van der Waals surface area contributed by atoms with E-state index in [0.717, 1.165) is 17.1 Å². The van der Waals surface area contributed by atoms with Crippen LogP contribution in [0.3, 0.4) is 0 Å². The minimum Gasteiger partial charge on any atom is -0.488 e. The summed E-state index contributed by atoms with van der Waals surface area (Å²) in [6, 6.07) is 21.7. The summed E-state index contributed by atoms with van der Waals surface area (Å²) in [5.74, 6) is 1.60. The lowest BCUT2D eigenvalue weighted by atomic mass is 9.99. The first-order valence-electron chi connectivity index (χ1n) is 15.1. The smallest absolute Gasteiger partial charge is 0.267 e. The molecule has 0 bridgehead atoms. The molecular formula is C34H40N4O7S. The summed E-state index contributed by atoms with van der Waals surface area (Å²) in [5, 5.41) is 13.7. The van der Waals surface area contributed by atoms with Crippen molar-refractivity contribution in [2.24, 2.45) is 5.92 Å². The second kappa shape index (κ2) is 13.9. The minimum atomic E-state index is -4.04. The number of aromatic nitrogens is 1. The Balaban J connectivity index is 1.35. The molecule has 0 unspecified atom stereocenters. The Morgan fingerprint density at radius 2 is 1.78 bits per heavy atom. The molecule has 12 heteroatoms. The van der Waals surface area contributed by atoms with Crippen LogP contribution < -0.4 is 14.2 Å². The first-order valence-corrected chi connectivity index (χ1v) is 16.6. The van der Waals surface area contributed by atoms with E-state index in [1.807, 2.05) is 68.6 Å². The number of rotatable bonds is 11. The Bertz CT molecular complexity index is 1740. The zero-order valence-electron chi connectivity index (χ0n) is 26.6. The summed E-state index contributed by atoms with van der Waals surface area (Å²) in [7, 11) is -2.03. The maximum absolute atomic E-state index is 13.8. The van der Waals surface area contributed by atoms with Crippen LogP contribution in [-0.4, -0.2) is 73.3 Å². The average molecular weight is 649 g/mol. The van der Waals surface area contributed by atoms with Crippen molar-refractivity contribution >= 4 is 21.6 Å². The van der Waals surface area contributed by atoms with Crippen molar-refractivity contribution in [1.82, 2.24) is 15.0 Å². The molecule has 1 aliphatic heterocycles. The Morgan fingerprint density at radius 1 is 1.09 bits per heavy atom. The molecule has 3 aromatic carbocycles. The third-order valence-electron chi connectivity index (χ3n) is 8.00. The summed E-state index contributed by atoms with van der Waals surface area (Å²) in [6.07, 6.45) is -0.309. The van der Waals surface area contributed by atoms with E-state index in [1.165, 1.54) is 13.0 Å². The fourth-order valence-electron chi connectivity index (χ4n) is 5.54. The standard InChI is InChI=1S/C34H40N4O7S/c1-22-18-38(23(2)21-39)34(40)30-17-27(36-46(41,42)33-24(3)35-45-25(33)4)13-16-31(30)44-32(22)20-37(5)19-26-11-14-29(15-12-26)43-28-9-7-6-8-10-28/h6-17,22-23,32,36,39H,18-21H2,1-5H3/t22-,23+,32+/m0/s1. The number of hydrogen-bond acceptors (Lipinski definition) is 9. The van der Waals surface area contributed by atoms with Gasteiger partial charge in [-0.05, 0) is 75.8 Å². The van der Waals surface area contributed by atoms with Gasteiger partial charge in [0.1, 0.15) is 29.0 Å². The number of aryl methyl sites for hydroxylation is 2. The van der Waals surface area contributed by atoms with Crippen LogP contribution in [0.2, 0.25) is 0 Å². The van der Waals surface area contributed by atoms with Gasteiger partial charge in [-0.2, -0.15) is 0 Å². The van der Waals surface area contributed by atoms with E-state index >= 15 is 0 Å². The molecule has 4 aromatic rings. The van der Waals surface area contributed by atoms with Crippen molar-refractivity contribution in [3.63, 3.8) is 0 Å². The van der Waals surface area contributed by atoms with Gasteiger partial charge < -0.3 is 24.0 Å². The maximum Gasteiger partial charge on any atom is 0.267 e. The van der Waals surface area contributed by atoms with E-state index < -0.39 is 16.1 Å². The third-order valence-corrected chi connectivity index (χ3v) is 9.62. The number of aliphatic hydroxyl groups excluding tert-OH is 1. The SMILES string of the molecule is Cc1noc(C)c1S(=O)(=O)Nc1ccc2c(c1)C(=O)N([C@H](C)CO)C[C@H](C)[C@@H](CN(C)Cc1ccc(Oc3ccccc3)cc1)O2. The number of amides is 1. The van der Waals surface area contributed by atoms with E-state index in [-0.39, 0.29) is 52.1 Å². The quantitative estimate of drug-likeness (QED) is 0.224. The van der Waals surface area contributed by atoms with Gasteiger partial charge in [-0.3, -0.25) is 14.4 Å². The molecule has 0 saturated heterocycles. The Hall–Kier alpha value is -4.39. The van der Waals surface area contributed by atoms with Crippen molar-refractivity contribution in [2.45, 2.75) is 51.3 Å². The Kier molecular flexibility index (Phi) is 10.00. The van der Waals surface area contributed by atoms with Crippen molar-refractivity contribution in [3.05, 3.63) is 95.4 Å². The molecule has 5 rings (SSSR count). The summed E-state index contributed by atoms with van der Waals surface area (Å²) < 4.78 is 46.4. The van der Waals surface area contributed by atoms with Gasteiger partial charge in [-0.1, -0.05) is 42.4 Å². The van der Waals surface area contributed by atoms with Crippen LogP contribution in [0.1, 0.15) is 41.2 Å². The van der Waals surface area contributed by atoms with Gasteiger partial charge in [0.25, 0.3) is 15.9 Å². The molecule has 2 N–H and O–H groups in total. The molecule has 46 heavy (non-hydrogen) atoms. The van der Waals surface area contributed by atoms with E-state index in [0.29, 0.717) is 25.4 Å². The van der Waals surface area contributed by atoms with Gasteiger partial charge in [-0.25, -0.2) is 8.42 Å². The number of fused-ring (bicyclic) bond motifs is 1. The summed E-state index contributed by atoms with van der Waals surface area (Å²) >= 11 is 0. The summed E-state index contributed by atoms with van der Waals surface area (Å²) in [4.78, 5) is 17.5. The van der Waals surface area contributed by atoms with Gasteiger partial charge in [-0.15, -0.1) is 0 Å². The monoisotopic (exact) mass is 648 g/mol. The fourth-order valence-corrected chi connectivity index (χ4v) is 6.92. The van der Waals surface area contributed by atoms with Crippen LogP contribution in [-0.2, 0) is 16.6 Å². The second-order valence-electron chi connectivity index (χ2n) is 11.8. The number of sulfonamides is 1. The number of hydrogen-bond donors (Lipinski definition) is 2. The van der Waals surface area contributed by atoms with Crippen LogP contribution in [0.5, 0.6) is 17.2 Å². The zero-order chi connectivity index (χ0) is 33.0. The second-order valence-corrected chi connectivity index (χ2v) is 13.5. The molecule has 1 amide bonds. The third kappa shape index (κ3) is 7.52. The predicted octanol–water partition coefficient (Wildman–Crippen LogP) is 5.24. The largest absolute Gasteiger partial charge is 0.488 e. The number of likely N-dealkylation sites (N-methyl/N-ethyl adjacent to an activating group) is 1. The molecular weight excluding hydrogens is 608 g/mol. The van der Waals surface area contributed by atoms with Crippen LogP contribution in [0.4, 0.5) is 5.69 Å². The highest BCUT2D eigenvalue weighted by Crippen LogP contribution is 2.32. The topological polar surface area (TPSA) is 134 Å². The lowest BCUT2D eigenvalue weighted by Crippen LogP contribution is -2.49. The normalized spacial score (nSPS) is 17.5. The number of benzene rings is 3. The van der Waals surface area contributed by atoms with Gasteiger partial charge in [0.15, 0.2) is 10.7 Å². The van der Waals surface area contributed by atoms with Crippen LogP contribution >= 0.6 is 0 Å². The molecule has 0 aliphatic carbocycles. The molecule has 1 aromatic heterocycles. The molecule has 0 saturated carbocycles. The van der Waals surface area contributed by atoms with E-state index in [9.17, 15) is 18.3 Å². The van der Waals surface area contributed by atoms with Gasteiger partial charge in [0, 0.05) is 31.2 Å². The van der Waals surface area contributed by atoms with Crippen LogP contribution in [0.25, 0.3) is 0 Å². The molecule has 11 nitrogen and oxygen atoms in total. The summed E-state index contributed by atoms with van der Waals surface area (Å²) in [5.41, 5.74) is 1.72. The van der Waals surface area contributed by atoms with Crippen molar-refractivity contribution in [1.29, 1.82) is 0 Å². The number of nitrogens with zero attached hydrogens (tertiary/aromatic N) is 3. The zero-order valence-corrected chi connectivity index (χ0v) is 27.5. The molecule has 0 fully saturated rings. The molecule has 0 spiro atoms. The van der Waals surface area contributed by atoms with Crippen molar-refractivity contribution in [2.75, 3.05) is 31.5 Å². The molecule has 2 heterocycles. The number of para-hydroxylation sites is 1. The van der Waals surface area contributed by atoms with Crippen LogP contribution in [0, 0.1) is 19.8 Å². The van der Waals surface area contributed by atoms with Crippen LogP contribution in [0.15, 0.2) is 82.2 Å². The number of carbonyl (C=O) groups excluding carboxylic acids is 1. The van der Waals surface area contributed by atoms with Crippen molar-refractivity contribution < 1.29 is 32.3 Å². The molecule has 1 aliphatic rings. The number of aliphatic hydroxyl groups is 1. The summed E-state index contributed by atoms with van der Waals surface area (Å²) in [6.45, 7) is 8.21. The number of nitrogens with one attached hydrogen (secondary N) is 1. The molecule has 0 radical (unpaired) electrons. The highest BCUT2D eigenvalue weighted by atomic mass is 32.2. The van der Waals surface area contributed by atoms with Gasteiger partial charge >= 0.3 is 0 Å².